The summed E-state index contributed by atoms with van der Waals surface area (Å²) in [6.07, 6.45) is 3.59. The van der Waals surface area contributed by atoms with E-state index in [1.54, 1.807) is 0 Å². The Balaban J connectivity index is 2.79. The lowest BCUT2D eigenvalue weighted by Crippen LogP contribution is -1.94. The van der Waals surface area contributed by atoms with Crippen molar-refractivity contribution in [2.75, 3.05) is 5.33 Å². The second-order valence-electron chi connectivity index (χ2n) is 3.42. The van der Waals surface area contributed by atoms with Gasteiger partial charge in [0.05, 0.1) is 0 Å². The molecule has 0 aliphatic heterocycles. The van der Waals surface area contributed by atoms with E-state index in [0.717, 1.165) is 11.8 Å². The minimum Gasteiger partial charge on any atom is -0.0928 e. The first-order valence-corrected chi connectivity index (χ1v) is 6.04. The van der Waals surface area contributed by atoms with Crippen LogP contribution in [0.1, 0.15) is 30.0 Å². The van der Waals surface area contributed by atoms with Gasteiger partial charge in [-0.05, 0) is 37.3 Å². The first-order valence-electron chi connectivity index (χ1n) is 4.92. The van der Waals surface area contributed by atoms with Crippen LogP contribution in [0.5, 0.6) is 0 Å². The summed E-state index contributed by atoms with van der Waals surface area (Å²) >= 11 is 3.47. The summed E-state index contributed by atoms with van der Waals surface area (Å²) in [6.45, 7) is 4.39. The number of hydrogen-bond acceptors (Lipinski definition) is 0. The third kappa shape index (κ3) is 3.15. The maximum Gasteiger partial charge on any atom is 0.00344 e. The quantitative estimate of drug-likeness (QED) is 0.701. The fraction of sp³-hybridized carbons (Fsp3) is 0.500. The second kappa shape index (κ2) is 5.43. The van der Waals surface area contributed by atoms with Gasteiger partial charge in [0.2, 0.25) is 0 Å². The molecular weight excluding hydrogens is 224 g/mol. The SMILES string of the molecule is CCc1cc(C)ccc1CCCBr. The molecule has 13 heavy (non-hydrogen) atoms. The van der Waals surface area contributed by atoms with E-state index in [1.807, 2.05) is 0 Å². The molecule has 0 amide bonds. The monoisotopic (exact) mass is 240 g/mol. The molecule has 0 aliphatic rings. The van der Waals surface area contributed by atoms with Crippen molar-refractivity contribution in [3.63, 3.8) is 0 Å². The molecule has 0 aliphatic carbocycles. The van der Waals surface area contributed by atoms with Crippen molar-refractivity contribution in [1.29, 1.82) is 0 Å². The molecule has 72 valence electrons. The largest absolute Gasteiger partial charge is 0.0928 e. The number of hydrogen-bond donors (Lipinski definition) is 0. The van der Waals surface area contributed by atoms with Gasteiger partial charge in [0, 0.05) is 5.33 Å². The molecule has 0 N–H and O–H groups in total. The maximum absolute atomic E-state index is 3.47. The molecule has 0 atom stereocenters. The van der Waals surface area contributed by atoms with Gasteiger partial charge in [0.25, 0.3) is 0 Å². The van der Waals surface area contributed by atoms with Crippen LogP contribution in [-0.4, -0.2) is 5.33 Å². The highest BCUT2D eigenvalue weighted by Gasteiger charge is 1.99. The average Bonchev–Trinajstić information content (AvgIpc) is 2.16. The van der Waals surface area contributed by atoms with Crippen molar-refractivity contribution in [2.24, 2.45) is 0 Å². The van der Waals surface area contributed by atoms with Crippen molar-refractivity contribution in [3.05, 3.63) is 34.9 Å². The van der Waals surface area contributed by atoms with Gasteiger partial charge in [-0.15, -0.1) is 0 Å². The average molecular weight is 241 g/mol. The minimum atomic E-state index is 1.10. The third-order valence-corrected chi connectivity index (χ3v) is 2.88. The lowest BCUT2D eigenvalue weighted by Gasteiger charge is -2.07. The Hall–Kier alpha value is -0.300. The molecule has 1 heteroatoms. The lowest BCUT2D eigenvalue weighted by molar-refractivity contribution is 0.912. The predicted octanol–water partition coefficient (Wildman–Crippen LogP) is 3.88. The number of alkyl halides is 1. The Kier molecular flexibility index (Phi) is 4.51. The number of rotatable bonds is 4. The van der Waals surface area contributed by atoms with Gasteiger partial charge >= 0.3 is 0 Å². The van der Waals surface area contributed by atoms with Gasteiger partial charge in [0.1, 0.15) is 0 Å². The smallest absolute Gasteiger partial charge is 0.00344 e. The van der Waals surface area contributed by atoms with E-state index in [0.29, 0.717) is 0 Å². The molecule has 0 heterocycles. The molecule has 0 aromatic heterocycles. The molecule has 0 fully saturated rings. The molecular formula is C12H17Br. The summed E-state index contributed by atoms with van der Waals surface area (Å²) < 4.78 is 0. The fourth-order valence-corrected chi connectivity index (χ4v) is 1.87. The predicted molar refractivity (Wildman–Crippen MR) is 62.7 cm³/mol. The van der Waals surface area contributed by atoms with Gasteiger partial charge in [0.15, 0.2) is 0 Å². The van der Waals surface area contributed by atoms with Crippen molar-refractivity contribution >= 4 is 15.9 Å². The van der Waals surface area contributed by atoms with Gasteiger partial charge in [-0.3, -0.25) is 0 Å². The van der Waals surface area contributed by atoms with Crippen LogP contribution >= 0.6 is 15.9 Å². The summed E-state index contributed by atoms with van der Waals surface area (Å²) in [7, 11) is 0. The van der Waals surface area contributed by atoms with Crippen LogP contribution in [0.2, 0.25) is 0 Å². The Morgan fingerprint density at radius 1 is 1.23 bits per heavy atom. The van der Waals surface area contributed by atoms with Crippen LogP contribution in [0.25, 0.3) is 0 Å². The van der Waals surface area contributed by atoms with Crippen molar-refractivity contribution < 1.29 is 0 Å². The summed E-state index contributed by atoms with van der Waals surface area (Å²) in [5.41, 5.74) is 4.41. The molecule has 0 saturated heterocycles. The van der Waals surface area contributed by atoms with Gasteiger partial charge in [-0.2, -0.15) is 0 Å². The molecule has 1 rings (SSSR count). The summed E-state index contributed by atoms with van der Waals surface area (Å²) in [5, 5.41) is 1.10. The van der Waals surface area contributed by atoms with Crippen LogP contribution in [0.4, 0.5) is 0 Å². The summed E-state index contributed by atoms with van der Waals surface area (Å²) in [6, 6.07) is 6.79. The van der Waals surface area contributed by atoms with E-state index in [1.165, 1.54) is 29.5 Å². The highest BCUT2D eigenvalue weighted by Crippen LogP contribution is 2.14. The van der Waals surface area contributed by atoms with Crippen molar-refractivity contribution in [1.82, 2.24) is 0 Å². The van der Waals surface area contributed by atoms with Crippen molar-refractivity contribution in [3.8, 4) is 0 Å². The van der Waals surface area contributed by atoms with E-state index in [2.05, 4.69) is 48.0 Å². The van der Waals surface area contributed by atoms with E-state index < -0.39 is 0 Å². The maximum atomic E-state index is 3.47. The molecule has 0 saturated carbocycles. The first-order chi connectivity index (χ1) is 6.27. The van der Waals surface area contributed by atoms with Crippen LogP contribution < -0.4 is 0 Å². The highest BCUT2D eigenvalue weighted by atomic mass is 79.9. The molecule has 0 nitrogen and oxygen atoms in total. The van der Waals surface area contributed by atoms with Crippen LogP contribution in [0, 0.1) is 6.92 Å². The molecule has 1 aromatic rings. The Labute approximate surface area is 89.5 Å². The van der Waals surface area contributed by atoms with Crippen molar-refractivity contribution in [2.45, 2.75) is 33.1 Å². The van der Waals surface area contributed by atoms with E-state index in [9.17, 15) is 0 Å². The highest BCUT2D eigenvalue weighted by molar-refractivity contribution is 9.09. The third-order valence-electron chi connectivity index (χ3n) is 2.32. The molecule has 1 aromatic carbocycles. The number of halogens is 1. The van der Waals surface area contributed by atoms with Gasteiger partial charge in [-0.25, -0.2) is 0 Å². The van der Waals surface area contributed by atoms with Crippen LogP contribution in [0.15, 0.2) is 18.2 Å². The summed E-state index contributed by atoms with van der Waals surface area (Å²) in [5.74, 6) is 0. The van der Waals surface area contributed by atoms with Crippen LogP contribution in [-0.2, 0) is 12.8 Å². The molecule has 0 spiro atoms. The Bertz CT molecular complexity index is 266. The summed E-state index contributed by atoms with van der Waals surface area (Å²) in [4.78, 5) is 0. The number of benzene rings is 1. The second-order valence-corrected chi connectivity index (χ2v) is 4.21. The Morgan fingerprint density at radius 3 is 2.62 bits per heavy atom. The standard InChI is InChI=1S/C12H17Br/c1-3-11-9-10(2)6-7-12(11)5-4-8-13/h6-7,9H,3-5,8H2,1-2H3. The zero-order chi connectivity index (χ0) is 9.68. The Morgan fingerprint density at radius 2 is 2.00 bits per heavy atom. The van der Waals surface area contributed by atoms with E-state index in [-0.39, 0.29) is 0 Å². The van der Waals surface area contributed by atoms with Gasteiger partial charge in [-0.1, -0.05) is 46.6 Å². The zero-order valence-electron chi connectivity index (χ0n) is 8.44. The van der Waals surface area contributed by atoms with E-state index >= 15 is 0 Å². The lowest BCUT2D eigenvalue weighted by atomic mass is 9.99. The topological polar surface area (TPSA) is 0 Å². The zero-order valence-corrected chi connectivity index (χ0v) is 10.0. The minimum absolute atomic E-state index is 1.10. The molecule has 0 radical (unpaired) electrons. The molecule has 0 unspecified atom stereocenters. The fourth-order valence-electron chi connectivity index (χ4n) is 1.58. The first kappa shape index (κ1) is 10.8. The molecule has 0 bridgehead atoms. The van der Waals surface area contributed by atoms with E-state index in [4.69, 9.17) is 0 Å². The van der Waals surface area contributed by atoms with Gasteiger partial charge < -0.3 is 0 Å². The normalized spacial score (nSPS) is 10.4. The number of aryl methyl sites for hydroxylation is 3. The van der Waals surface area contributed by atoms with Crippen LogP contribution in [0.3, 0.4) is 0 Å².